The van der Waals surface area contributed by atoms with Crippen molar-refractivity contribution in [2.45, 2.75) is 0 Å². The van der Waals surface area contributed by atoms with E-state index in [1.807, 2.05) is 18.6 Å². The van der Waals surface area contributed by atoms with Gasteiger partial charge >= 0.3 is 0 Å². The van der Waals surface area contributed by atoms with Crippen LogP contribution in [0.2, 0.25) is 0 Å². The number of hydrogen-bond acceptors (Lipinski definition) is 6. The van der Waals surface area contributed by atoms with E-state index in [-0.39, 0.29) is 0 Å². The largest absolute Gasteiger partial charge is 0.255 e. The minimum absolute atomic E-state index is 0.855. The predicted molar refractivity (Wildman–Crippen MR) is 532 cm³/mol. The van der Waals surface area contributed by atoms with Gasteiger partial charge in [0.2, 0.25) is 0 Å². The van der Waals surface area contributed by atoms with Gasteiger partial charge in [-0.15, -0.1) is 0 Å². The van der Waals surface area contributed by atoms with Gasteiger partial charge in [0, 0.05) is 67.1 Å². The molecule has 0 amide bonds. The van der Waals surface area contributed by atoms with Crippen LogP contribution in [0.25, 0.3) is 252 Å². The molecular formula is C120H74N6. The maximum Gasteiger partial charge on any atom is 0.0972 e. The summed E-state index contributed by atoms with van der Waals surface area (Å²) in [6, 6.07) is 154. The molecule has 0 aliphatic rings. The summed E-state index contributed by atoms with van der Waals surface area (Å²) in [6.07, 6.45) is 5.73. The minimum Gasteiger partial charge on any atom is -0.255 e. The summed E-state index contributed by atoms with van der Waals surface area (Å²) in [6.45, 7) is 0. The smallest absolute Gasteiger partial charge is 0.0972 e. The highest BCUT2D eigenvalue weighted by atomic mass is 14.8. The Morgan fingerprint density at radius 2 is 0.413 bits per heavy atom. The van der Waals surface area contributed by atoms with Gasteiger partial charge < -0.3 is 0 Å². The van der Waals surface area contributed by atoms with E-state index < -0.39 is 0 Å². The molecule has 6 heterocycles. The molecule has 20 aromatic carbocycles. The van der Waals surface area contributed by atoms with E-state index in [4.69, 9.17) is 29.9 Å². The summed E-state index contributed by atoms with van der Waals surface area (Å²) >= 11 is 0. The topological polar surface area (TPSA) is 77.3 Å². The first-order valence-electron chi connectivity index (χ1n) is 42.9. The molecule has 0 fully saturated rings. The van der Waals surface area contributed by atoms with Gasteiger partial charge in [-0.1, -0.05) is 352 Å². The Kier molecular flexibility index (Phi) is 17.8. The first-order valence-corrected chi connectivity index (χ1v) is 42.9. The monoisotopic (exact) mass is 1600 g/mol. The second kappa shape index (κ2) is 30.7. The zero-order valence-electron chi connectivity index (χ0n) is 68.4. The molecule has 126 heavy (non-hydrogen) atoms. The lowest BCUT2D eigenvalue weighted by molar-refractivity contribution is 1.29. The van der Waals surface area contributed by atoms with Crippen molar-refractivity contribution in [1.82, 2.24) is 29.9 Å². The fourth-order valence-corrected chi connectivity index (χ4v) is 19.5. The van der Waals surface area contributed by atoms with E-state index in [0.29, 0.717) is 0 Å². The van der Waals surface area contributed by atoms with Gasteiger partial charge in [0.1, 0.15) is 0 Å². The number of nitrogens with zero attached hydrogens (tertiary/aromatic N) is 6. The first kappa shape index (κ1) is 73.1. The third-order valence-corrected chi connectivity index (χ3v) is 25.4. The summed E-state index contributed by atoms with van der Waals surface area (Å²) in [5.74, 6) is 0. The molecule has 0 spiro atoms. The fraction of sp³-hybridized carbons (Fsp3) is 0. The van der Waals surface area contributed by atoms with E-state index in [2.05, 4.69) is 431 Å². The molecular weight excluding hydrogens is 1530 g/mol. The van der Waals surface area contributed by atoms with Crippen molar-refractivity contribution in [2.24, 2.45) is 0 Å². The standard InChI is InChI=1S/C56H34N2.2C32H20N2/c1-3-14-38-31-42(23-21-35(38)11-1)53-45-17-7-8-18-46(45)54(43-24-22-36-12-2-4-15-39(36)32-43)50-33-40(26-27-47(50)53)41-29-30-57-52(34-41)56-49-28-25-37-13-5-6-16-44(37)55(49)48-19-9-10-20-51(48)58-56;1-3-11-24-21(8-1)10-7-14-25(24)23-18-19-33-30(20-23)32-28-17-16-22-9-2-4-12-26(22)31(28)27-13-5-6-15-29(27)34-32;1-2-9-23-19-24(14-13-21(23)7-1)25-17-18-33-30(20-25)32-28-16-15-22-8-3-4-10-26(22)31(28)27-11-5-6-12-29(27)34-32/h1-34H;2*1-20H. The van der Waals surface area contributed by atoms with Gasteiger partial charge in [-0.2, -0.15) is 0 Å². The van der Waals surface area contributed by atoms with Crippen molar-refractivity contribution in [1.29, 1.82) is 0 Å². The van der Waals surface area contributed by atoms with Crippen molar-refractivity contribution in [3.63, 3.8) is 0 Å². The van der Waals surface area contributed by atoms with Crippen molar-refractivity contribution in [2.75, 3.05) is 0 Å². The Labute approximate surface area is 726 Å². The van der Waals surface area contributed by atoms with Gasteiger partial charge in [0.25, 0.3) is 0 Å². The minimum atomic E-state index is 0.855. The van der Waals surface area contributed by atoms with Crippen LogP contribution in [0.15, 0.2) is 449 Å². The van der Waals surface area contributed by atoms with E-state index >= 15 is 0 Å². The van der Waals surface area contributed by atoms with Gasteiger partial charge in [0.15, 0.2) is 0 Å². The Balaban J connectivity index is 0.000000112. The molecule has 0 atom stereocenters. The van der Waals surface area contributed by atoms with Crippen LogP contribution < -0.4 is 0 Å². The van der Waals surface area contributed by atoms with Gasteiger partial charge in [-0.3, -0.25) is 15.0 Å². The Bertz CT molecular complexity index is 8900. The molecule has 584 valence electrons. The average molecular weight is 1600 g/mol. The van der Waals surface area contributed by atoms with Crippen molar-refractivity contribution >= 4 is 162 Å². The maximum absolute atomic E-state index is 5.28. The molecule has 26 rings (SSSR count). The Morgan fingerprint density at radius 3 is 0.841 bits per heavy atom. The molecule has 0 unspecified atom stereocenters. The van der Waals surface area contributed by atoms with Crippen molar-refractivity contribution < 1.29 is 0 Å². The SMILES string of the molecule is c1ccc2c(-c3ccnc(-c4nc5ccccc5c5c4ccc4ccccc45)c3)cccc2c1.c1ccc2cc(-c3c4ccccc4c(-c4ccc5ccccc5c4)c4cc(-c5ccnc(-c6nc7ccccc7c7c6ccc6ccccc67)c5)ccc34)ccc2c1.c1ccc2cc(-c3ccnc(-c4nc5ccccc5c5c4ccc4ccccc45)c3)ccc2c1. The number of pyridine rings is 6. The van der Waals surface area contributed by atoms with Gasteiger partial charge in [-0.05, 0) is 231 Å². The number of rotatable bonds is 8. The van der Waals surface area contributed by atoms with Crippen LogP contribution in [0, 0.1) is 0 Å². The van der Waals surface area contributed by atoms with E-state index in [0.717, 1.165) is 94.5 Å². The fourth-order valence-electron chi connectivity index (χ4n) is 19.5. The highest BCUT2D eigenvalue weighted by molar-refractivity contribution is 6.27. The molecule has 0 radical (unpaired) electrons. The van der Waals surface area contributed by atoms with E-state index in [1.54, 1.807) is 0 Å². The second-order valence-electron chi connectivity index (χ2n) is 32.6. The summed E-state index contributed by atoms with van der Waals surface area (Å²) < 4.78 is 0. The molecule has 6 nitrogen and oxygen atoms in total. The number of para-hydroxylation sites is 3. The van der Waals surface area contributed by atoms with Crippen LogP contribution in [0.4, 0.5) is 0 Å². The van der Waals surface area contributed by atoms with Gasteiger partial charge in [-0.25, -0.2) is 15.0 Å². The normalized spacial score (nSPS) is 11.7. The summed E-state index contributed by atoms with van der Waals surface area (Å²) in [5.41, 5.74) is 20.1. The lowest BCUT2D eigenvalue weighted by Crippen LogP contribution is -1.94. The van der Waals surface area contributed by atoms with Crippen molar-refractivity contribution in [3.05, 3.63) is 449 Å². The van der Waals surface area contributed by atoms with E-state index in [1.165, 1.54) is 157 Å². The molecule has 0 saturated carbocycles. The molecule has 0 saturated heterocycles. The lowest BCUT2D eigenvalue weighted by atomic mass is 9.84. The molecule has 0 aliphatic carbocycles. The molecule has 6 aromatic heterocycles. The molecule has 0 aliphatic heterocycles. The summed E-state index contributed by atoms with van der Waals surface area (Å²) in [4.78, 5) is 30.0. The Morgan fingerprint density at radius 1 is 0.143 bits per heavy atom. The molecule has 26 aromatic rings. The second-order valence-corrected chi connectivity index (χ2v) is 32.6. The van der Waals surface area contributed by atoms with Crippen LogP contribution in [-0.2, 0) is 0 Å². The number of fused-ring (bicyclic) bond motifs is 21. The predicted octanol–water partition coefficient (Wildman–Crippen LogP) is 32.1. The third-order valence-electron chi connectivity index (χ3n) is 25.4. The van der Waals surface area contributed by atoms with Gasteiger partial charge in [0.05, 0.1) is 50.7 Å². The summed E-state index contributed by atoms with van der Waals surface area (Å²) in [7, 11) is 0. The first-order chi connectivity index (χ1) is 62.5. The molecule has 6 heteroatoms. The number of aromatic nitrogens is 6. The zero-order valence-corrected chi connectivity index (χ0v) is 68.4. The van der Waals surface area contributed by atoms with Crippen LogP contribution in [0.5, 0.6) is 0 Å². The van der Waals surface area contributed by atoms with Crippen LogP contribution in [0.1, 0.15) is 0 Å². The average Bonchev–Trinajstić information content (AvgIpc) is 0.738. The zero-order chi connectivity index (χ0) is 83.1. The Hall–Kier alpha value is -16.8. The van der Waals surface area contributed by atoms with Crippen LogP contribution in [-0.4, -0.2) is 29.9 Å². The molecule has 0 N–H and O–H groups in total. The third kappa shape index (κ3) is 12.8. The van der Waals surface area contributed by atoms with Crippen LogP contribution >= 0.6 is 0 Å². The quantitative estimate of drug-likeness (QED) is 0.111. The lowest BCUT2D eigenvalue weighted by Gasteiger charge is -2.19. The maximum atomic E-state index is 5.28. The number of benzene rings is 20. The number of hydrogen-bond donors (Lipinski definition) is 0. The van der Waals surface area contributed by atoms with Crippen molar-refractivity contribution in [3.8, 4) is 89.8 Å². The highest BCUT2D eigenvalue weighted by Crippen LogP contribution is 2.48. The van der Waals surface area contributed by atoms with E-state index in [9.17, 15) is 0 Å². The molecule has 0 bridgehead atoms. The van der Waals surface area contributed by atoms with Crippen LogP contribution in [0.3, 0.4) is 0 Å². The summed E-state index contributed by atoms with van der Waals surface area (Å²) in [5, 5.41) is 32.7. The highest BCUT2D eigenvalue weighted by Gasteiger charge is 2.23.